The largest absolute Gasteiger partial charge is 0.995 e. The molecule has 7 heteroatoms. The van der Waals surface area contributed by atoms with Gasteiger partial charge in [-0.25, -0.2) is 0 Å². The third-order valence-electron chi connectivity index (χ3n) is 3.54. The normalized spacial score (nSPS) is 15.8. The molecule has 0 unspecified atom stereocenters. The first-order chi connectivity index (χ1) is 11.5. The first-order valence-corrected chi connectivity index (χ1v) is 7.26. The molecule has 2 aromatic carbocycles. The number of ketones is 1. The molecule has 0 amide bonds. The topological polar surface area (TPSA) is 39.0 Å². The van der Waals surface area contributed by atoms with Gasteiger partial charge in [0.15, 0.2) is 0 Å². The maximum absolute atomic E-state index is 13.9. The quantitative estimate of drug-likeness (QED) is 0.630. The van der Waals surface area contributed by atoms with Gasteiger partial charge in [-0.2, -0.15) is 0 Å². The van der Waals surface area contributed by atoms with Crippen molar-refractivity contribution in [3.8, 4) is 11.5 Å². The molecule has 124 valence electrons. The van der Waals surface area contributed by atoms with Crippen LogP contribution >= 0.6 is 0 Å². The van der Waals surface area contributed by atoms with Crippen molar-refractivity contribution in [3.05, 3.63) is 65.7 Å². The highest BCUT2D eigenvalue weighted by atomic mass is 19.3. The molecule has 0 aromatic heterocycles. The van der Waals surface area contributed by atoms with Gasteiger partial charge in [0, 0.05) is 5.56 Å². The van der Waals surface area contributed by atoms with Crippen LogP contribution in [0.2, 0.25) is 0 Å². The fourth-order valence-electron chi connectivity index (χ4n) is 2.32. The summed E-state index contributed by atoms with van der Waals surface area (Å²) in [6.45, 7) is 0. The van der Waals surface area contributed by atoms with Gasteiger partial charge in [0.05, 0.1) is 31.6 Å². The molecule has 0 atom stereocenters. The number of carbonyl (C=O) groups excluding carboxylic acids is 1. The highest BCUT2D eigenvalue weighted by molar-refractivity contribution is 6.52. The van der Waals surface area contributed by atoms with E-state index in [2.05, 4.69) is 0 Å². The Hall–Kier alpha value is -2.83. The van der Waals surface area contributed by atoms with Crippen LogP contribution in [-0.4, -0.2) is 27.1 Å². The van der Waals surface area contributed by atoms with Crippen LogP contribution in [0, 0.1) is 0 Å². The van der Waals surface area contributed by atoms with Crippen molar-refractivity contribution in [3.63, 3.8) is 0 Å². The van der Waals surface area contributed by atoms with Crippen molar-refractivity contribution < 1.29 is 27.1 Å². The maximum atomic E-state index is 13.9. The number of halogens is 2. The number of benzene rings is 2. The number of allylic oxidation sites excluding steroid dienone is 1. The van der Waals surface area contributed by atoms with E-state index in [1.54, 1.807) is 48.5 Å². The Balaban J connectivity index is 1.97. The lowest BCUT2D eigenvalue weighted by molar-refractivity contribution is -0.183. The van der Waals surface area contributed by atoms with Gasteiger partial charge in [0.2, 0.25) is 0 Å². The van der Waals surface area contributed by atoms with Crippen molar-refractivity contribution in [2.75, 3.05) is 14.2 Å². The van der Waals surface area contributed by atoms with Gasteiger partial charge >= 0.3 is 7.11 Å². The summed E-state index contributed by atoms with van der Waals surface area (Å²) in [6.07, 6.45) is 1.45. The Morgan fingerprint density at radius 3 is 1.83 bits per heavy atom. The van der Waals surface area contributed by atoms with Crippen LogP contribution in [0.4, 0.5) is 8.63 Å². The van der Waals surface area contributed by atoms with E-state index in [1.807, 2.05) is 0 Å². The van der Waals surface area contributed by atoms with E-state index >= 15 is 0 Å². The first-order valence-electron chi connectivity index (χ1n) is 7.26. The van der Waals surface area contributed by atoms with Gasteiger partial charge < -0.3 is 27.1 Å². The Kier molecular flexibility index (Phi) is 4.25. The minimum Gasteiger partial charge on any atom is -0.569 e. The fourth-order valence-corrected chi connectivity index (χ4v) is 2.32. The van der Waals surface area contributed by atoms with E-state index in [4.69, 9.17) is 18.5 Å². The van der Waals surface area contributed by atoms with Crippen LogP contribution in [0.5, 0.6) is 11.5 Å². The summed E-state index contributed by atoms with van der Waals surface area (Å²) in [5.41, 5.74) is 1.01. The molecule has 1 aliphatic rings. The van der Waals surface area contributed by atoms with E-state index in [0.717, 1.165) is 0 Å². The minimum absolute atomic E-state index is 0.0414. The fraction of sp³-hybridized carbons (Fsp3) is 0.118. The molecule has 0 N–H and O–H groups in total. The SMILES string of the molecule is COc1ccc(C2=CC(c3ccc(OC)cc3)=[O+][B-](F)(F)O2)cc1. The van der Waals surface area contributed by atoms with Crippen LogP contribution in [0.3, 0.4) is 0 Å². The number of methoxy groups -OCH3 is 2. The van der Waals surface area contributed by atoms with Crippen LogP contribution in [0.25, 0.3) is 5.76 Å². The van der Waals surface area contributed by atoms with Crippen LogP contribution in [-0.2, 0) is 4.65 Å². The molecule has 4 nitrogen and oxygen atoms in total. The Morgan fingerprint density at radius 1 is 0.833 bits per heavy atom. The molecule has 1 heterocycles. The second-order valence-electron chi connectivity index (χ2n) is 5.10. The summed E-state index contributed by atoms with van der Waals surface area (Å²) in [7, 11) is -1.38. The lowest BCUT2D eigenvalue weighted by atomic mass is 10.0. The zero-order chi connectivity index (χ0) is 17.2. The predicted molar refractivity (Wildman–Crippen MR) is 87.4 cm³/mol. The maximum Gasteiger partial charge on any atom is 0.995 e. The van der Waals surface area contributed by atoms with Gasteiger partial charge in [-0.1, -0.05) is 0 Å². The Bertz CT molecular complexity index is 783. The van der Waals surface area contributed by atoms with E-state index in [1.165, 1.54) is 20.3 Å². The summed E-state index contributed by atoms with van der Waals surface area (Å²) in [4.78, 5) is 0. The zero-order valence-electron chi connectivity index (χ0n) is 13.2. The second-order valence-corrected chi connectivity index (χ2v) is 5.10. The van der Waals surface area contributed by atoms with Crippen LogP contribution in [0.15, 0.2) is 54.6 Å². The van der Waals surface area contributed by atoms with E-state index in [-0.39, 0.29) is 11.5 Å². The van der Waals surface area contributed by atoms with Crippen LogP contribution in [0.1, 0.15) is 15.5 Å². The van der Waals surface area contributed by atoms with Gasteiger partial charge in [-0.3, -0.25) is 0 Å². The Labute approximate surface area is 138 Å². The number of hydrogen-bond acceptors (Lipinski definition) is 3. The average molecular weight is 332 g/mol. The summed E-state index contributed by atoms with van der Waals surface area (Å²) in [5.74, 6) is 1.34. The molecule has 2 aromatic rings. The smallest absolute Gasteiger partial charge is 0.569 e. The van der Waals surface area contributed by atoms with Crippen LogP contribution < -0.4 is 9.47 Å². The van der Waals surface area contributed by atoms with Gasteiger partial charge in [0.25, 0.3) is 5.78 Å². The third kappa shape index (κ3) is 3.40. The van der Waals surface area contributed by atoms with Gasteiger partial charge in [0.1, 0.15) is 11.5 Å². The number of ether oxygens (including phenoxy) is 2. The molecule has 0 aliphatic carbocycles. The third-order valence-corrected chi connectivity index (χ3v) is 3.54. The van der Waals surface area contributed by atoms with Crippen molar-refractivity contribution in [2.24, 2.45) is 0 Å². The first kappa shape index (κ1) is 16.0. The Morgan fingerprint density at radius 2 is 1.33 bits per heavy atom. The van der Waals surface area contributed by atoms with E-state index < -0.39 is 7.11 Å². The molecule has 0 fully saturated rings. The van der Waals surface area contributed by atoms with Crippen molar-refractivity contribution in [2.45, 2.75) is 0 Å². The molecule has 0 spiro atoms. The molecule has 0 saturated carbocycles. The summed E-state index contributed by atoms with van der Waals surface area (Å²) in [6, 6.07) is 13.3. The molecule has 0 saturated heterocycles. The molecule has 0 bridgehead atoms. The van der Waals surface area contributed by atoms with E-state index in [0.29, 0.717) is 22.6 Å². The minimum atomic E-state index is -4.45. The second kappa shape index (κ2) is 6.35. The molecule has 24 heavy (non-hydrogen) atoms. The molecular formula is C17H15BF2O4. The molecular weight excluding hydrogens is 317 g/mol. The summed E-state index contributed by atoms with van der Waals surface area (Å²) in [5, 5.41) is 0. The lowest BCUT2D eigenvalue weighted by Gasteiger charge is -2.20. The summed E-state index contributed by atoms with van der Waals surface area (Å²) < 4.78 is 47.3. The van der Waals surface area contributed by atoms with Crippen molar-refractivity contribution in [1.29, 1.82) is 0 Å². The highest BCUT2D eigenvalue weighted by Gasteiger charge is 2.53. The zero-order valence-corrected chi connectivity index (χ0v) is 13.2. The molecule has 0 radical (unpaired) electrons. The van der Waals surface area contributed by atoms with E-state index in [9.17, 15) is 8.63 Å². The number of hydrogen-bond donors (Lipinski definition) is 0. The average Bonchev–Trinajstić information content (AvgIpc) is 2.60. The predicted octanol–water partition coefficient (Wildman–Crippen LogP) is 3.87. The van der Waals surface area contributed by atoms with Crippen molar-refractivity contribution in [1.82, 2.24) is 0 Å². The lowest BCUT2D eigenvalue weighted by Crippen LogP contribution is -2.30. The van der Waals surface area contributed by atoms with Crippen molar-refractivity contribution >= 4 is 18.6 Å². The molecule has 3 rings (SSSR count). The van der Waals surface area contributed by atoms with Gasteiger partial charge in [-0.05, 0) is 48.5 Å². The molecule has 1 aliphatic heterocycles. The number of rotatable bonds is 4. The highest BCUT2D eigenvalue weighted by Crippen LogP contribution is 2.30. The summed E-state index contributed by atoms with van der Waals surface area (Å²) >= 11 is 0. The monoisotopic (exact) mass is 332 g/mol. The standard InChI is InChI=1S/C17H15BF2O4/c1-21-14-7-3-12(4-8-14)16-11-17(24-18(19,20)23-16)13-5-9-15(22-2)10-6-13/h3-11H,1-2H3. The van der Waals surface area contributed by atoms with Gasteiger partial charge in [-0.15, -0.1) is 0 Å².